The summed E-state index contributed by atoms with van der Waals surface area (Å²) in [4.78, 5) is 25.1. The maximum absolute atomic E-state index is 11.6. The van der Waals surface area contributed by atoms with Crippen LogP contribution in [0.4, 0.5) is 5.69 Å². The standard InChI is InChI=1S/C9H10ClN3O5/c10-8-1-6(7(3-11-8)13(17)18)9(16)12-2-5(15)4-14/h1,3,5,14-15H,2,4H2,(H,12,16). The molecule has 0 aliphatic carbocycles. The molecule has 0 bridgehead atoms. The summed E-state index contributed by atoms with van der Waals surface area (Å²) in [6.45, 7) is -0.758. The van der Waals surface area contributed by atoms with Gasteiger partial charge in [0.1, 0.15) is 16.9 Å². The molecule has 18 heavy (non-hydrogen) atoms. The van der Waals surface area contributed by atoms with E-state index in [2.05, 4.69) is 10.3 Å². The van der Waals surface area contributed by atoms with Crippen LogP contribution in [0.1, 0.15) is 10.4 Å². The number of carbonyl (C=O) groups is 1. The highest BCUT2D eigenvalue weighted by Gasteiger charge is 2.21. The molecule has 1 aromatic rings. The Bertz CT molecular complexity index is 468. The third kappa shape index (κ3) is 3.62. The van der Waals surface area contributed by atoms with Gasteiger partial charge in [0.05, 0.1) is 17.6 Å². The first-order valence-corrected chi connectivity index (χ1v) is 5.20. The molecule has 0 spiro atoms. The van der Waals surface area contributed by atoms with Gasteiger partial charge in [-0.25, -0.2) is 4.98 Å². The van der Waals surface area contributed by atoms with Crippen LogP contribution in [0.15, 0.2) is 12.3 Å². The van der Waals surface area contributed by atoms with Crippen molar-refractivity contribution in [3.8, 4) is 0 Å². The van der Waals surface area contributed by atoms with Crippen molar-refractivity contribution < 1.29 is 19.9 Å². The van der Waals surface area contributed by atoms with Crippen molar-refractivity contribution in [1.29, 1.82) is 0 Å². The van der Waals surface area contributed by atoms with E-state index in [-0.39, 0.29) is 17.3 Å². The number of nitrogens with one attached hydrogen (secondary N) is 1. The molecule has 0 saturated carbocycles. The largest absolute Gasteiger partial charge is 0.394 e. The number of hydrogen-bond acceptors (Lipinski definition) is 6. The maximum Gasteiger partial charge on any atom is 0.300 e. The Morgan fingerprint density at radius 1 is 1.67 bits per heavy atom. The normalized spacial score (nSPS) is 11.9. The summed E-state index contributed by atoms with van der Waals surface area (Å²) in [6, 6.07) is 1.06. The molecule has 1 amide bonds. The quantitative estimate of drug-likeness (QED) is 0.386. The molecule has 1 heterocycles. The van der Waals surface area contributed by atoms with Crippen molar-refractivity contribution >= 4 is 23.2 Å². The fourth-order valence-corrected chi connectivity index (χ4v) is 1.28. The molecule has 1 atom stereocenters. The number of hydrogen-bond donors (Lipinski definition) is 3. The number of nitrogens with zero attached hydrogens (tertiary/aromatic N) is 2. The Hall–Kier alpha value is -1.77. The minimum atomic E-state index is -1.13. The summed E-state index contributed by atoms with van der Waals surface area (Å²) in [6.07, 6.45) is -0.259. The minimum Gasteiger partial charge on any atom is -0.394 e. The highest BCUT2D eigenvalue weighted by Crippen LogP contribution is 2.20. The second kappa shape index (κ2) is 6.24. The number of nitro groups is 1. The number of pyridine rings is 1. The van der Waals surface area contributed by atoms with Gasteiger partial charge >= 0.3 is 0 Å². The molecule has 1 rings (SSSR count). The number of halogens is 1. The SMILES string of the molecule is O=C(NCC(O)CO)c1cc(Cl)ncc1[N+](=O)[O-]. The van der Waals surface area contributed by atoms with Gasteiger partial charge < -0.3 is 15.5 Å². The first kappa shape index (κ1) is 14.3. The molecule has 1 unspecified atom stereocenters. The lowest BCUT2D eigenvalue weighted by atomic mass is 10.2. The van der Waals surface area contributed by atoms with E-state index in [0.717, 1.165) is 12.3 Å². The predicted molar refractivity (Wildman–Crippen MR) is 61.3 cm³/mol. The predicted octanol–water partition coefficient (Wildman–Crippen LogP) is -0.274. The number of rotatable bonds is 5. The van der Waals surface area contributed by atoms with Gasteiger partial charge in [0.25, 0.3) is 11.6 Å². The average Bonchev–Trinajstić information content (AvgIpc) is 2.34. The zero-order valence-corrected chi connectivity index (χ0v) is 9.79. The number of aliphatic hydroxyl groups excluding tert-OH is 2. The van der Waals surface area contributed by atoms with Gasteiger partial charge in [-0.05, 0) is 6.07 Å². The van der Waals surface area contributed by atoms with E-state index in [1.54, 1.807) is 0 Å². The van der Waals surface area contributed by atoms with E-state index in [0.29, 0.717) is 0 Å². The van der Waals surface area contributed by atoms with E-state index in [1.807, 2.05) is 0 Å². The number of aliphatic hydroxyl groups is 2. The summed E-state index contributed by atoms with van der Waals surface area (Å²) in [7, 11) is 0. The van der Waals surface area contributed by atoms with Gasteiger partial charge in [-0.2, -0.15) is 0 Å². The number of carbonyl (C=O) groups excluding carboxylic acids is 1. The summed E-state index contributed by atoms with van der Waals surface area (Å²) < 4.78 is 0. The smallest absolute Gasteiger partial charge is 0.300 e. The van der Waals surface area contributed by atoms with E-state index >= 15 is 0 Å². The van der Waals surface area contributed by atoms with Crippen molar-refractivity contribution in [2.75, 3.05) is 13.2 Å². The van der Waals surface area contributed by atoms with Crippen molar-refractivity contribution in [2.45, 2.75) is 6.10 Å². The van der Waals surface area contributed by atoms with Crippen LogP contribution >= 0.6 is 11.6 Å². The molecule has 9 heteroatoms. The molecule has 0 aliphatic heterocycles. The molecule has 0 radical (unpaired) electrons. The first-order chi connectivity index (χ1) is 8.45. The second-order valence-electron chi connectivity index (χ2n) is 3.33. The molecule has 0 saturated heterocycles. The third-order valence-corrected chi connectivity index (χ3v) is 2.21. The molecule has 98 valence electrons. The molecular weight excluding hydrogens is 266 g/mol. The fraction of sp³-hybridized carbons (Fsp3) is 0.333. The molecule has 0 aromatic carbocycles. The first-order valence-electron chi connectivity index (χ1n) is 4.82. The maximum atomic E-state index is 11.6. The topological polar surface area (TPSA) is 126 Å². The van der Waals surface area contributed by atoms with Crippen LogP contribution in [0.2, 0.25) is 5.15 Å². The van der Waals surface area contributed by atoms with Gasteiger partial charge in [-0.3, -0.25) is 14.9 Å². The van der Waals surface area contributed by atoms with Gasteiger partial charge in [-0.15, -0.1) is 0 Å². The van der Waals surface area contributed by atoms with Crippen LogP contribution in [0.3, 0.4) is 0 Å². The Kier molecular flexibility index (Phi) is 4.95. The van der Waals surface area contributed by atoms with Crippen molar-refractivity contribution in [2.24, 2.45) is 0 Å². The summed E-state index contributed by atoms with van der Waals surface area (Å²) in [5.74, 6) is -0.779. The zero-order valence-electron chi connectivity index (χ0n) is 9.04. The lowest BCUT2D eigenvalue weighted by Gasteiger charge is -2.09. The van der Waals surface area contributed by atoms with Crippen molar-refractivity contribution in [3.63, 3.8) is 0 Å². The molecular formula is C9H10ClN3O5. The fourth-order valence-electron chi connectivity index (χ4n) is 1.12. The number of aromatic nitrogens is 1. The molecule has 3 N–H and O–H groups in total. The van der Waals surface area contributed by atoms with Crippen LogP contribution in [0, 0.1) is 10.1 Å². The average molecular weight is 276 g/mol. The zero-order chi connectivity index (χ0) is 13.7. The van der Waals surface area contributed by atoms with E-state index in [1.165, 1.54) is 0 Å². The van der Waals surface area contributed by atoms with Crippen LogP contribution in [-0.4, -0.2) is 45.3 Å². The van der Waals surface area contributed by atoms with Gasteiger partial charge in [0.15, 0.2) is 0 Å². The Morgan fingerprint density at radius 2 is 2.33 bits per heavy atom. The van der Waals surface area contributed by atoms with E-state index in [9.17, 15) is 14.9 Å². The molecule has 1 aromatic heterocycles. The summed E-state index contributed by atoms with van der Waals surface area (Å²) in [5, 5.41) is 30.5. The Morgan fingerprint density at radius 3 is 2.89 bits per heavy atom. The molecule has 0 fully saturated rings. The highest BCUT2D eigenvalue weighted by molar-refractivity contribution is 6.29. The second-order valence-corrected chi connectivity index (χ2v) is 3.71. The Labute approximate surface area is 106 Å². The molecule has 0 aliphatic rings. The van der Waals surface area contributed by atoms with Crippen LogP contribution in [0.25, 0.3) is 0 Å². The van der Waals surface area contributed by atoms with Gasteiger partial charge in [-0.1, -0.05) is 11.6 Å². The van der Waals surface area contributed by atoms with E-state index in [4.69, 9.17) is 21.8 Å². The third-order valence-electron chi connectivity index (χ3n) is 2.00. The monoisotopic (exact) mass is 275 g/mol. The molecule has 8 nitrogen and oxygen atoms in total. The van der Waals surface area contributed by atoms with Gasteiger partial charge in [0, 0.05) is 6.54 Å². The van der Waals surface area contributed by atoms with Crippen LogP contribution in [0.5, 0.6) is 0 Å². The summed E-state index contributed by atoms with van der Waals surface area (Å²) >= 11 is 5.55. The van der Waals surface area contributed by atoms with Crippen molar-refractivity contribution in [1.82, 2.24) is 10.3 Å². The lowest BCUT2D eigenvalue weighted by molar-refractivity contribution is -0.385. The van der Waals surface area contributed by atoms with E-state index < -0.39 is 29.2 Å². The van der Waals surface area contributed by atoms with Gasteiger partial charge in [0.2, 0.25) is 0 Å². The number of amides is 1. The Balaban J connectivity index is 2.90. The minimum absolute atomic E-state index is 0.0616. The van der Waals surface area contributed by atoms with Crippen LogP contribution < -0.4 is 5.32 Å². The highest BCUT2D eigenvalue weighted by atomic mass is 35.5. The summed E-state index contributed by atoms with van der Waals surface area (Å²) in [5.41, 5.74) is -0.750. The lowest BCUT2D eigenvalue weighted by Crippen LogP contribution is -2.34. The van der Waals surface area contributed by atoms with Crippen molar-refractivity contribution in [3.05, 3.63) is 33.1 Å². The van der Waals surface area contributed by atoms with Crippen LogP contribution in [-0.2, 0) is 0 Å².